The summed E-state index contributed by atoms with van der Waals surface area (Å²) in [6, 6.07) is 2.00. The van der Waals surface area contributed by atoms with Crippen LogP contribution >= 0.6 is 0 Å². The average Bonchev–Trinajstić information content (AvgIpc) is 2.65. The molecule has 5 heteroatoms. The van der Waals surface area contributed by atoms with Crippen LogP contribution in [-0.4, -0.2) is 27.6 Å². The largest absolute Gasteiger partial charge is 0.464 e. The van der Waals surface area contributed by atoms with Gasteiger partial charge >= 0.3 is 5.97 Å². The molecule has 0 aliphatic carbocycles. The third-order valence-corrected chi connectivity index (χ3v) is 2.90. The average molecular weight is 247 g/mol. The summed E-state index contributed by atoms with van der Waals surface area (Å²) in [6.45, 7) is 6.38. The standard InChI is InChI=1S/C13H17N3O2/c1-13(2,3)10-6-8-11(16(10)4)15-9(7-14-8)12(17)18-5/h6-7H,1-5H3. The van der Waals surface area contributed by atoms with Gasteiger partial charge < -0.3 is 9.30 Å². The lowest BCUT2D eigenvalue weighted by Gasteiger charge is -2.19. The number of aryl methyl sites for hydroxylation is 1. The van der Waals surface area contributed by atoms with Crippen molar-refractivity contribution in [2.45, 2.75) is 26.2 Å². The minimum atomic E-state index is -0.470. The Morgan fingerprint density at radius 3 is 2.61 bits per heavy atom. The minimum Gasteiger partial charge on any atom is -0.464 e. The molecule has 0 fully saturated rings. The summed E-state index contributed by atoms with van der Waals surface area (Å²) in [4.78, 5) is 20.0. The van der Waals surface area contributed by atoms with Crippen molar-refractivity contribution in [3.63, 3.8) is 0 Å². The number of fused-ring (bicyclic) bond motifs is 1. The second kappa shape index (κ2) is 4.08. The van der Waals surface area contributed by atoms with Crippen LogP contribution in [-0.2, 0) is 17.2 Å². The van der Waals surface area contributed by atoms with Crippen LogP contribution in [0.3, 0.4) is 0 Å². The second-order valence-corrected chi connectivity index (χ2v) is 5.29. The molecule has 2 aromatic rings. The Morgan fingerprint density at radius 2 is 2.06 bits per heavy atom. The molecule has 0 saturated heterocycles. The highest BCUT2D eigenvalue weighted by Gasteiger charge is 2.21. The fraction of sp³-hybridized carbons (Fsp3) is 0.462. The van der Waals surface area contributed by atoms with Gasteiger partial charge in [-0.25, -0.2) is 9.78 Å². The van der Waals surface area contributed by atoms with E-state index >= 15 is 0 Å². The van der Waals surface area contributed by atoms with Gasteiger partial charge in [-0.1, -0.05) is 20.8 Å². The number of carbonyl (C=O) groups is 1. The van der Waals surface area contributed by atoms with Crippen molar-refractivity contribution < 1.29 is 9.53 Å². The van der Waals surface area contributed by atoms with Gasteiger partial charge in [0.1, 0.15) is 5.52 Å². The molecule has 0 amide bonds. The summed E-state index contributed by atoms with van der Waals surface area (Å²) in [5, 5.41) is 0. The number of nitrogens with zero attached hydrogens (tertiary/aromatic N) is 3. The van der Waals surface area contributed by atoms with E-state index in [0.717, 1.165) is 11.2 Å². The van der Waals surface area contributed by atoms with E-state index in [2.05, 4.69) is 35.5 Å². The quantitative estimate of drug-likeness (QED) is 0.724. The maximum absolute atomic E-state index is 11.4. The first-order chi connectivity index (χ1) is 8.34. The van der Waals surface area contributed by atoms with Crippen LogP contribution in [0.1, 0.15) is 37.0 Å². The van der Waals surface area contributed by atoms with Gasteiger partial charge in [-0.15, -0.1) is 0 Å². The molecule has 0 aliphatic rings. The number of aromatic nitrogens is 3. The minimum absolute atomic E-state index is 0.00254. The molecule has 0 radical (unpaired) electrons. The van der Waals surface area contributed by atoms with E-state index in [0.29, 0.717) is 5.65 Å². The normalized spacial score (nSPS) is 11.8. The highest BCUT2D eigenvalue weighted by Crippen LogP contribution is 2.26. The fourth-order valence-electron chi connectivity index (χ4n) is 2.00. The van der Waals surface area contributed by atoms with Crippen LogP contribution in [0.2, 0.25) is 0 Å². The van der Waals surface area contributed by atoms with Crippen molar-refractivity contribution >= 4 is 17.1 Å². The van der Waals surface area contributed by atoms with Gasteiger partial charge in [0.15, 0.2) is 11.3 Å². The predicted molar refractivity (Wildman–Crippen MR) is 68.5 cm³/mol. The number of methoxy groups -OCH3 is 1. The Hall–Kier alpha value is -1.91. The van der Waals surface area contributed by atoms with E-state index in [1.165, 1.54) is 13.3 Å². The second-order valence-electron chi connectivity index (χ2n) is 5.29. The first kappa shape index (κ1) is 12.5. The van der Waals surface area contributed by atoms with Crippen molar-refractivity contribution in [3.8, 4) is 0 Å². The molecule has 2 heterocycles. The Kier molecular flexibility index (Phi) is 2.84. The highest BCUT2D eigenvalue weighted by atomic mass is 16.5. The van der Waals surface area contributed by atoms with E-state index in [4.69, 9.17) is 0 Å². The molecule has 2 rings (SSSR count). The zero-order valence-electron chi connectivity index (χ0n) is 11.3. The molecule has 0 saturated carbocycles. The van der Waals surface area contributed by atoms with Crippen molar-refractivity contribution in [1.82, 2.24) is 14.5 Å². The molecule has 0 atom stereocenters. The molecule has 0 N–H and O–H groups in total. The maximum atomic E-state index is 11.4. The van der Waals surface area contributed by atoms with Gasteiger partial charge in [0.25, 0.3) is 0 Å². The van der Waals surface area contributed by atoms with E-state index < -0.39 is 5.97 Å². The fourth-order valence-corrected chi connectivity index (χ4v) is 2.00. The van der Waals surface area contributed by atoms with Gasteiger partial charge in [-0.2, -0.15) is 0 Å². The Balaban J connectivity index is 2.64. The van der Waals surface area contributed by atoms with Crippen LogP contribution in [0.25, 0.3) is 11.2 Å². The number of hydrogen-bond donors (Lipinski definition) is 0. The van der Waals surface area contributed by atoms with Crippen molar-refractivity contribution in [3.05, 3.63) is 23.7 Å². The third kappa shape index (κ3) is 1.96. The summed E-state index contributed by atoms with van der Waals surface area (Å²) in [5.74, 6) is -0.470. The highest BCUT2D eigenvalue weighted by molar-refractivity contribution is 5.89. The predicted octanol–water partition coefficient (Wildman–Crippen LogP) is 2.05. The van der Waals surface area contributed by atoms with Crippen LogP contribution in [0.4, 0.5) is 0 Å². The van der Waals surface area contributed by atoms with Gasteiger partial charge in [-0.05, 0) is 6.07 Å². The SMILES string of the molecule is COC(=O)c1cnc2cc(C(C)(C)C)n(C)c2n1. The van der Waals surface area contributed by atoms with Crippen LogP contribution in [0.5, 0.6) is 0 Å². The van der Waals surface area contributed by atoms with E-state index in [9.17, 15) is 4.79 Å². The third-order valence-electron chi connectivity index (χ3n) is 2.90. The molecule has 0 spiro atoms. The number of ether oxygens (including phenoxy) is 1. The number of hydrogen-bond acceptors (Lipinski definition) is 4. The van der Waals surface area contributed by atoms with E-state index in [1.54, 1.807) is 0 Å². The zero-order valence-corrected chi connectivity index (χ0v) is 11.3. The first-order valence-corrected chi connectivity index (χ1v) is 5.76. The molecule has 0 aromatic carbocycles. The summed E-state index contributed by atoms with van der Waals surface area (Å²) in [6.07, 6.45) is 1.45. The molecule has 2 aromatic heterocycles. The number of rotatable bonds is 1. The molecular formula is C13H17N3O2. The summed E-state index contributed by atoms with van der Waals surface area (Å²) in [7, 11) is 3.26. The molecule has 18 heavy (non-hydrogen) atoms. The van der Waals surface area contributed by atoms with Gasteiger partial charge in [0, 0.05) is 18.2 Å². The van der Waals surface area contributed by atoms with E-state index in [-0.39, 0.29) is 11.1 Å². The maximum Gasteiger partial charge on any atom is 0.358 e. The van der Waals surface area contributed by atoms with Crippen LogP contribution < -0.4 is 0 Å². The molecule has 0 unspecified atom stereocenters. The van der Waals surface area contributed by atoms with Crippen LogP contribution in [0, 0.1) is 0 Å². The lowest BCUT2D eigenvalue weighted by Crippen LogP contribution is -2.16. The molecule has 0 bridgehead atoms. The Bertz CT molecular complexity index is 608. The molecular weight excluding hydrogens is 230 g/mol. The van der Waals surface area contributed by atoms with Crippen molar-refractivity contribution in [2.24, 2.45) is 7.05 Å². The summed E-state index contributed by atoms with van der Waals surface area (Å²) in [5.41, 5.74) is 2.84. The molecule has 5 nitrogen and oxygen atoms in total. The Morgan fingerprint density at radius 1 is 1.39 bits per heavy atom. The Labute approximate surface area is 106 Å². The monoisotopic (exact) mass is 247 g/mol. The lowest BCUT2D eigenvalue weighted by atomic mass is 9.92. The van der Waals surface area contributed by atoms with E-state index in [1.807, 2.05) is 17.7 Å². The van der Waals surface area contributed by atoms with Crippen molar-refractivity contribution in [1.29, 1.82) is 0 Å². The first-order valence-electron chi connectivity index (χ1n) is 5.76. The number of carbonyl (C=O) groups excluding carboxylic acids is 1. The van der Waals surface area contributed by atoms with Crippen LogP contribution in [0.15, 0.2) is 12.3 Å². The van der Waals surface area contributed by atoms with Gasteiger partial charge in [-0.3, -0.25) is 4.98 Å². The van der Waals surface area contributed by atoms with Crippen molar-refractivity contribution in [2.75, 3.05) is 7.11 Å². The summed E-state index contributed by atoms with van der Waals surface area (Å²) >= 11 is 0. The summed E-state index contributed by atoms with van der Waals surface area (Å²) < 4.78 is 6.62. The van der Waals surface area contributed by atoms with Gasteiger partial charge in [0.05, 0.1) is 13.3 Å². The lowest BCUT2D eigenvalue weighted by molar-refractivity contribution is 0.0594. The smallest absolute Gasteiger partial charge is 0.358 e. The molecule has 96 valence electrons. The number of esters is 1. The van der Waals surface area contributed by atoms with Gasteiger partial charge in [0.2, 0.25) is 0 Å². The molecule has 0 aliphatic heterocycles. The zero-order chi connectivity index (χ0) is 13.5. The topological polar surface area (TPSA) is 57.0 Å².